The first-order valence-electron chi connectivity index (χ1n) is 1.84. The molecule has 0 unspecified atom stereocenters. The Labute approximate surface area is 114 Å². The average Bonchev–Trinajstić information content (AvgIpc) is 1.54. The number of carbonyl (C=O) groups excluding carboxylic acids is 3. The van der Waals surface area contributed by atoms with Crippen LogP contribution in [0.15, 0.2) is 0 Å². The maximum absolute atomic E-state index is 8.33. The van der Waals surface area contributed by atoms with Crippen LogP contribution >= 0.6 is 0 Å². The van der Waals surface area contributed by atoms with E-state index < -0.39 is 18.5 Å². The van der Waals surface area contributed by atoms with E-state index in [-0.39, 0.29) is 50.3 Å². The Morgan fingerprint density at radius 2 is 0.600 bits per heavy atom. The van der Waals surface area contributed by atoms with Crippen molar-refractivity contribution in [2.24, 2.45) is 0 Å². The molecule has 0 aromatic carbocycles. The van der Waals surface area contributed by atoms with Crippen LogP contribution in [0.25, 0.3) is 0 Å². The van der Waals surface area contributed by atoms with Gasteiger partial charge in [-0.1, -0.05) is 0 Å². The third-order valence-electron chi connectivity index (χ3n) is 0. The van der Waals surface area contributed by atoms with Crippen LogP contribution < -0.4 is 30.6 Å². The Hall–Kier alpha value is -0.671. The van der Waals surface area contributed by atoms with Gasteiger partial charge < -0.3 is 45.0 Å². The molecule has 0 spiro atoms. The first-order valence-corrected chi connectivity index (χ1v) is 1.84. The molecular formula is C3CoMnNiO9. The molecule has 0 fully saturated rings. The molecule has 0 amide bonds. The van der Waals surface area contributed by atoms with Gasteiger partial charge in [0.05, 0.1) is 0 Å². The van der Waals surface area contributed by atoms with Crippen LogP contribution in [-0.2, 0) is 50.3 Å². The maximum atomic E-state index is 8.33. The van der Waals surface area contributed by atoms with Crippen molar-refractivity contribution in [3.63, 3.8) is 0 Å². The Bertz CT molecular complexity index is 123. The fourth-order valence-electron chi connectivity index (χ4n) is 0. The summed E-state index contributed by atoms with van der Waals surface area (Å²) in [6, 6.07) is 0. The summed E-state index contributed by atoms with van der Waals surface area (Å²) in [5.74, 6) is 0. The summed E-state index contributed by atoms with van der Waals surface area (Å²) < 4.78 is 0. The number of rotatable bonds is 0. The Balaban J connectivity index is -0.0000000184. The molecule has 9 nitrogen and oxygen atoms in total. The summed E-state index contributed by atoms with van der Waals surface area (Å²) in [5, 5.41) is 50.0. The van der Waals surface area contributed by atoms with Crippen molar-refractivity contribution in [2.45, 2.75) is 0 Å². The van der Waals surface area contributed by atoms with Crippen molar-refractivity contribution in [2.75, 3.05) is 0 Å². The van der Waals surface area contributed by atoms with Gasteiger partial charge in [-0.25, -0.2) is 0 Å². The first-order chi connectivity index (χ1) is 5.20. The molecule has 0 bridgehead atoms. The molecule has 92 valence electrons. The molecular weight excluding hydrogens is 353 g/mol. The third-order valence-corrected chi connectivity index (χ3v) is 0. The summed E-state index contributed by atoms with van der Waals surface area (Å²) in [6.07, 6.45) is -7.00. The smallest absolute Gasteiger partial charge is 0.652 e. The number of hydrogen-bond donors (Lipinski definition) is 0. The van der Waals surface area contributed by atoms with Crippen LogP contribution in [-0.4, -0.2) is 18.5 Å². The molecule has 12 heteroatoms. The van der Waals surface area contributed by atoms with Gasteiger partial charge in [0.1, 0.15) is 0 Å². The van der Waals surface area contributed by atoms with Gasteiger partial charge in [0, 0.05) is 0 Å². The van der Waals surface area contributed by atoms with Crippen molar-refractivity contribution in [1.29, 1.82) is 0 Å². The van der Waals surface area contributed by atoms with Gasteiger partial charge in [0.15, 0.2) is 0 Å². The predicted octanol–water partition coefficient (Wildman–Crippen LogP) is -7.35. The van der Waals surface area contributed by atoms with E-state index in [1.54, 1.807) is 0 Å². The van der Waals surface area contributed by atoms with E-state index in [0.29, 0.717) is 0 Å². The van der Waals surface area contributed by atoms with E-state index in [0.717, 1.165) is 0 Å². The van der Waals surface area contributed by atoms with Crippen LogP contribution in [0.5, 0.6) is 0 Å². The number of hydrogen-bond acceptors (Lipinski definition) is 9. The van der Waals surface area contributed by atoms with Crippen molar-refractivity contribution >= 4 is 18.5 Å². The molecule has 15 heavy (non-hydrogen) atoms. The standard InChI is InChI=1S/3CH2O3.Co.Mn.Ni/c3*2-1(3)4;;;/h3*(H2,2,3,4);;;/q;;;3*+2/p-6. The number of carboxylic acid groups (broad SMARTS) is 6. The van der Waals surface area contributed by atoms with E-state index in [9.17, 15) is 0 Å². The van der Waals surface area contributed by atoms with E-state index in [1.807, 2.05) is 0 Å². The van der Waals surface area contributed by atoms with Gasteiger partial charge >= 0.3 is 50.3 Å². The fourth-order valence-corrected chi connectivity index (χ4v) is 0. The van der Waals surface area contributed by atoms with Crippen molar-refractivity contribution in [3.05, 3.63) is 0 Å². The molecule has 0 saturated heterocycles. The third kappa shape index (κ3) is 3810. The fraction of sp³-hybridized carbons (Fsp3) is 0. The van der Waals surface area contributed by atoms with E-state index >= 15 is 0 Å². The van der Waals surface area contributed by atoms with Gasteiger partial charge in [-0.3, -0.25) is 0 Å². The second-order valence-electron chi connectivity index (χ2n) is 0.750. The SMILES string of the molecule is O=C([O-])[O-].O=C([O-])[O-].O=C([O-])[O-].[Co+2].[Mn+2].[Ni+2]. The van der Waals surface area contributed by atoms with Crippen molar-refractivity contribution < 1.29 is 95.4 Å². The van der Waals surface area contributed by atoms with Gasteiger partial charge in [-0.2, -0.15) is 0 Å². The predicted molar refractivity (Wildman–Crippen MR) is 16.2 cm³/mol. The zero-order valence-corrected chi connectivity index (χ0v) is 9.41. The summed E-state index contributed by atoms with van der Waals surface area (Å²) in [6.45, 7) is 0. The molecule has 0 rings (SSSR count). The maximum Gasteiger partial charge on any atom is 2.00 e. The van der Waals surface area contributed by atoms with E-state index in [2.05, 4.69) is 0 Å². The molecule has 0 aromatic heterocycles. The van der Waals surface area contributed by atoms with E-state index in [1.165, 1.54) is 0 Å². The average molecular weight is 353 g/mol. The summed E-state index contributed by atoms with van der Waals surface area (Å²) in [4.78, 5) is 25.0. The minimum atomic E-state index is -2.33. The minimum Gasteiger partial charge on any atom is -0.652 e. The van der Waals surface area contributed by atoms with Gasteiger partial charge in [-0.05, 0) is 18.5 Å². The molecule has 0 aromatic rings. The van der Waals surface area contributed by atoms with Crippen LogP contribution in [0.1, 0.15) is 0 Å². The molecule has 2 radical (unpaired) electrons. The molecule has 0 atom stereocenters. The monoisotopic (exact) mass is 352 g/mol. The second kappa shape index (κ2) is 29.2. The quantitative estimate of drug-likeness (QED) is 0.381. The second-order valence-corrected chi connectivity index (χ2v) is 0.750. The first kappa shape index (κ1) is 36.7. The molecule has 0 N–H and O–H groups in total. The van der Waals surface area contributed by atoms with Crippen molar-refractivity contribution in [3.8, 4) is 0 Å². The number of carbonyl (C=O) groups is 3. The molecule has 0 aliphatic rings. The zero-order chi connectivity index (χ0) is 10.7. The Kier molecular flexibility index (Phi) is 71.4. The van der Waals surface area contributed by atoms with Crippen LogP contribution in [0.2, 0.25) is 0 Å². The molecule has 0 aliphatic heterocycles. The molecule has 0 heterocycles. The van der Waals surface area contributed by atoms with Gasteiger partial charge in [0.2, 0.25) is 0 Å². The summed E-state index contributed by atoms with van der Waals surface area (Å²) in [7, 11) is 0. The Morgan fingerprint density at radius 1 is 0.600 bits per heavy atom. The van der Waals surface area contributed by atoms with Crippen LogP contribution in [0.3, 0.4) is 0 Å². The van der Waals surface area contributed by atoms with Crippen molar-refractivity contribution in [1.82, 2.24) is 0 Å². The minimum absolute atomic E-state index is 0. The van der Waals surface area contributed by atoms with Crippen LogP contribution in [0, 0.1) is 0 Å². The largest absolute Gasteiger partial charge is 2.00 e. The topological polar surface area (TPSA) is 190 Å². The van der Waals surface area contributed by atoms with E-state index in [4.69, 9.17) is 45.0 Å². The van der Waals surface area contributed by atoms with Gasteiger partial charge in [0.25, 0.3) is 0 Å². The summed E-state index contributed by atoms with van der Waals surface area (Å²) >= 11 is 0. The normalized spacial score (nSPS) is 4.80. The summed E-state index contributed by atoms with van der Waals surface area (Å²) in [5.41, 5.74) is 0. The zero-order valence-electron chi connectivity index (χ0n) is 6.20. The molecule has 0 saturated carbocycles. The van der Waals surface area contributed by atoms with Crippen LogP contribution in [0.4, 0.5) is 14.4 Å². The Morgan fingerprint density at radius 3 is 0.600 bits per heavy atom. The molecule has 0 aliphatic carbocycles. The van der Waals surface area contributed by atoms with Gasteiger partial charge in [-0.15, -0.1) is 0 Å².